The standard InChI is InChI=1S/C32H35N3O3/c1-20-4-2-3-5-25(20)29-26(30(38-34-29)22-6-7-22)16-21-18-32(19-21)12-14-35(15-13-32)24-9-11-27-23(17-24)8-10-28(33-27)31(36)37/h2-5,9,11,16-17,22,28,33H,6-8,10,12-15,18-19H2,1H3,(H,36,37). The highest BCUT2D eigenvalue weighted by molar-refractivity contribution is 5.79. The van der Waals surface area contributed by atoms with Gasteiger partial charge in [-0.05, 0) is 99.1 Å². The highest BCUT2D eigenvalue weighted by Gasteiger charge is 2.43. The van der Waals surface area contributed by atoms with Crippen molar-refractivity contribution in [3.05, 3.63) is 70.5 Å². The van der Waals surface area contributed by atoms with Gasteiger partial charge in [-0.15, -0.1) is 0 Å². The molecule has 2 aliphatic carbocycles. The van der Waals surface area contributed by atoms with E-state index in [-0.39, 0.29) is 0 Å². The summed E-state index contributed by atoms with van der Waals surface area (Å²) < 4.78 is 5.92. The normalized spacial score (nSPS) is 22.0. The Kier molecular flexibility index (Phi) is 5.60. The first-order valence-corrected chi connectivity index (χ1v) is 14.1. The van der Waals surface area contributed by atoms with Crippen molar-refractivity contribution in [3.8, 4) is 11.3 Å². The van der Waals surface area contributed by atoms with Gasteiger partial charge in [0.1, 0.15) is 17.5 Å². The zero-order valence-electron chi connectivity index (χ0n) is 22.0. The fourth-order valence-corrected chi connectivity index (χ4v) is 6.80. The summed E-state index contributed by atoms with van der Waals surface area (Å²) in [5, 5.41) is 17.1. The van der Waals surface area contributed by atoms with E-state index in [2.05, 4.69) is 70.8 Å². The molecule has 1 unspecified atom stereocenters. The van der Waals surface area contributed by atoms with Gasteiger partial charge in [0.05, 0.1) is 0 Å². The van der Waals surface area contributed by atoms with E-state index in [1.165, 1.54) is 72.0 Å². The zero-order valence-corrected chi connectivity index (χ0v) is 22.0. The Morgan fingerprint density at radius 3 is 2.66 bits per heavy atom. The highest BCUT2D eigenvalue weighted by atomic mass is 16.5. The molecule has 2 N–H and O–H groups in total. The van der Waals surface area contributed by atoms with Gasteiger partial charge in [-0.3, -0.25) is 0 Å². The molecule has 3 fully saturated rings. The third-order valence-corrected chi connectivity index (χ3v) is 9.27. The second-order valence-corrected chi connectivity index (χ2v) is 12.0. The maximum Gasteiger partial charge on any atom is 0.326 e. The molecule has 6 nitrogen and oxygen atoms in total. The van der Waals surface area contributed by atoms with Crippen molar-refractivity contribution in [2.24, 2.45) is 5.41 Å². The summed E-state index contributed by atoms with van der Waals surface area (Å²) in [6.45, 7) is 4.30. The summed E-state index contributed by atoms with van der Waals surface area (Å²) in [5.41, 5.74) is 10.1. The number of hydrogen-bond donors (Lipinski definition) is 2. The number of fused-ring (bicyclic) bond motifs is 1. The molecule has 1 spiro atoms. The average Bonchev–Trinajstić information content (AvgIpc) is 3.68. The van der Waals surface area contributed by atoms with E-state index in [0.717, 1.165) is 36.7 Å². The number of piperidine rings is 1. The van der Waals surface area contributed by atoms with Crippen molar-refractivity contribution in [3.63, 3.8) is 0 Å². The Bertz CT molecular complexity index is 1420. The summed E-state index contributed by atoms with van der Waals surface area (Å²) in [4.78, 5) is 13.9. The smallest absolute Gasteiger partial charge is 0.326 e. The molecule has 2 aliphatic heterocycles. The predicted octanol–water partition coefficient (Wildman–Crippen LogP) is 6.80. The molecular weight excluding hydrogens is 474 g/mol. The number of nitrogens with zero attached hydrogens (tertiary/aromatic N) is 2. The van der Waals surface area contributed by atoms with Gasteiger partial charge in [-0.1, -0.05) is 35.0 Å². The van der Waals surface area contributed by atoms with Gasteiger partial charge in [0.15, 0.2) is 0 Å². The molecule has 0 bridgehead atoms. The molecular formula is C32H35N3O3. The lowest BCUT2D eigenvalue weighted by Gasteiger charge is -2.50. The third-order valence-electron chi connectivity index (χ3n) is 9.27. The van der Waals surface area contributed by atoms with Crippen LogP contribution in [-0.2, 0) is 11.2 Å². The highest BCUT2D eigenvalue weighted by Crippen LogP contribution is 2.54. The lowest BCUT2D eigenvalue weighted by atomic mass is 9.60. The van der Waals surface area contributed by atoms with Crippen LogP contribution in [0.5, 0.6) is 0 Å². The first-order chi connectivity index (χ1) is 18.5. The second-order valence-electron chi connectivity index (χ2n) is 12.0. The van der Waals surface area contributed by atoms with E-state index in [1.54, 1.807) is 0 Å². The molecule has 2 aromatic carbocycles. The van der Waals surface area contributed by atoms with Crippen LogP contribution in [0.15, 0.2) is 52.6 Å². The molecule has 4 aliphatic rings. The SMILES string of the molecule is Cc1ccccc1-c1noc(C2CC2)c1C=C1CC2(CCN(c3ccc4c(c3)CCC(C(=O)O)N4)CC2)C1. The van der Waals surface area contributed by atoms with Gasteiger partial charge in [-0.2, -0.15) is 0 Å². The van der Waals surface area contributed by atoms with Crippen LogP contribution in [0.2, 0.25) is 0 Å². The quantitative estimate of drug-likeness (QED) is 0.394. The predicted molar refractivity (Wildman–Crippen MR) is 150 cm³/mol. The molecule has 1 saturated heterocycles. The maximum absolute atomic E-state index is 11.3. The molecule has 0 amide bonds. The minimum absolute atomic E-state index is 0.423. The minimum Gasteiger partial charge on any atom is -0.480 e. The minimum atomic E-state index is -0.769. The molecule has 3 aromatic rings. The Morgan fingerprint density at radius 2 is 1.92 bits per heavy atom. The number of carboxylic acids is 1. The fraction of sp³-hybridized carbons (Fsp3) is 0.438. The lowest BCUT2D eigenvalue weighted by Crippen LogP contribution is -2.44. The third kappa shape index (κ3) is 4.20. The van der Waals surface area contributed by atoms with Crippen molar-refractivity contribution in [1.82, 2.24) is 5.16 Å². The number of carbonyl (C=O) groups is 1. The van der Waals surface area contributed by atoms with Crippen LogP contribution in [0, 0.1) is 12.3 Å². The fourth-order valence-electron chi connectivity index (χ4n) is 6.80. The molecule has 1 atom stereocenters. The Morgan fingerprint density at radius 1 is 1.13 bits per heavy atom. The topological polar surface area (TPSA) is 78.6 Å². The van der Waals surface area contributed by atoms with Gasteiger partial charge in [0, 0.05) is 41.5 Å². The van der Waals surface area contributed by atoms with E-state index >= 15 is 0 Å². The number of aryl methyl sites for hydroxylation is 2. The first kappa shape index (κ1) is 23.6. The van der Waals surface area contributed by atoms with Gasteiger partial charge in [0.2, 0.25) is 0 Å². The van der Waals surface area contributed by atoms with Crippen LogP contribution in [0.1, 0.15) is 73.3 Å². The Hall–Kier alpha value is -3.54. The van der Waals surface area contributed by atoms with E-state index in [4.69, 9.17) is 4.52 Å². The van der Waals surface area contributed by atoms with Crippen molar-refractivity contribution in [1.29, 1.82) is 0 Å². The van der Waals surface area contributed by atoms with Crippen LogP contribution < -0.4 is 10.2 Å². The number of allylic oxidation sites excluding steroid dienone is 1. The van der Waals surface area contributed by atoms with E-state index < -0.39 is 12.0 Å². The zero-order chi connectivity index (χ0) is 25.9. The van der Waals surface area contributed by atoms with Gasteiger partial charge in [0.25, 0.3) is 0 Å². The second kappa shape index (κ2) is 9.04. The van der Waals surface area contributed by atoms with E-state index in [0.29, 0.717) is 17.8 Å². The molecule has 38 heavy (non-hydrogen) atoms. The number of aromatic nitrogens is 1. The molecule has 2 saturated carbocycles. The van der Waals surface area contributed by atoms with Crippen LogP contribution in [0.3, 0.4) is 0 Å². The summed E-state index contributed by atoms with van der Waals surface area (Å²) in [5.74, 6) is 0.850. The lowest BCUT2D eigenvalue weighted by molar-refractivity contribution is -0.138. The summed E-state index contributed by atoms with van der Waals surface area (Å²) in [6.07, 6.45) is 11.1. The molecule has 3 heterocycles. The number of aliphatic carboxylic acids is 1. The molecule has 7 rings (SSSR count). The Balaban J connectivity index is 1.04. The van der Waals surface area contributed by atoms with Crippen molar-refractivity contribution in [2.75, 3.05) is 23.3 Å². The average molecular weight is 510 g/mol. The number of benzene rings is 2. The molecule has 196 valence electrons. The van der Waals surface area contributed by atoms with Crippen molar-refractivity contribution < 1.29 is 14.4 Å². The number of nitrogens with one attached hydrogen (secondary N) is 1. The van der Waals surface area contributed by atoms with Gasteiger partial charge < -0.3 is 19.8 Å². The van der Waals surface area contributed by atoms with E-state index in [9.17, 15) is 9.90 Å². The number of rotatable bonds is 5. The van der Waals surface area contributed by atoms with Crippen LogP contribution in [0.25, 0.3) is 17.3 Å². The number of anilines is 2. The first-order valence-electron chi connectivity index (χ1n) is 14.1. The van der Waals surface area contributed by atoms with Crippen LogP contribution in [0.4, 0.5) is 11.4 Å². The largest absolute Gasteiger partial charge is 0.480 e. The molecule has 0 radical (unpaired) electrons. The number of carboxylic acid groups (broad SMARTS) is 1. The summed E-state index contributed by atoms with van der Waals surface area (Å²) >= 11 is 0. The van der Waals surface area contributed by atoms with Crippen molar-refractivity contribution in [2.45, 2.75) is 70.3 Å². The van der Waals surface area contributed by atoms with Crippen LogP contribution >= 0.6 is 0 Å². The van der Waals surface area contributed by atoms with Crippen LogP contribution in [-0.4, -0.2) is 35.4 Å². The monoisotopic (exact) mass is 509 g/mol. The Labute approximate surface area is 223 Å². The number of hydrogen-bond acceptors (Lipinski definition) is 5. The summed E-state index contributed by atoms with van der Waals surface area (Å²) in [7, 11) is 0. The summed E-state index contributed by atoms with van der Waals surface area (Å²) in [6, 6.07) is 14.5. The van der Waals surface area contributed by atoms with Gasteiger partial charge in [-0.25, -0.2) is 4.79 Å². The van der Waals surface area contributed by atoms with E-state index in [1.807, 2.05) is 0 Å². The molecule has 6 heteroatoms. The van der Waals surface area contributed by atoms with Gasteiger partial charge >= 0.3 is 5.97 Å². The maximum atomic E-state index is 11.3. The van der Waals surface area contributed by atoms with Crippen molar-refractivity contribution >= 4 is 23.4 Å². The molecule has 1 aromatic heterocycles.